The number of aromatic nitrogens is 3. The summed E-state index contributed by atoms with van der Waals surface area (Å²) in [6.45, 7) is 4.91. The van der Waals surface area contributed by atoms with E-state index < -0.39 is 0 Å². The van der Waals surface area contributed by atoms with Gasteiger partial charge in [-0.2, -0.15) is 4.98 Å². The molecule has 3 aromatic rings. The number of hydrogen-bond donors (Lipinski definition) is 0. The molecule has 26 heavy (non-hydrogen) atoms. The Bertz CT molecular complexity index is 867. The van der Waals surface area contributed by atoms with Crippen molar-refractivity contribution in [1.82, 2.24) is 20.0 Å². The van der Waals surface area contributed by atoms with E-state index in [4.69, 9.17) is 4.52 Å². The van der Waals surface area contributed by atoms with Crippen LogP contribution in [-0.2, 0) is 6.42 Å². The maximum Gasteiger partial charge on any atom is 0.264 e. The lowest BCUT2D eigenvalue weighted by Gasteiger charge is -2.35. The van der Waals surface area contributed by atoms with Gasteiger partial charge in [-0.15, -0.1) is 11.3 Å². The summed E-state index contributed by atoms with van der Waals surface area (Å²) in [5.74, 6) is 2.20. The molecule has 1 saturated heterocycles. The third-order valence-corrected chi connectivity index (χ3v) is 5.26. The van der Waals surface area contributed by atoms with Crippen molar-refractivity contribution in [3.8, 4) is 11.4 Å². The van der Waals surface area contributed by atoms with Gasteiger partial charge >= 0.3 is 0 Å². The lowest BCUT2D eigenvalue weighted by atomic mass is 10.2. The Morgan fingerprint density at radius 3 is 2.69 bits per heavy atom. The van der Waals surface area contributed by atoms with Crippen LogP contribution in [0.1, 0.15) is 22.5 Å². The molecule has 1 amide bonds. The van der Waals surface area contributed by atoms with Crippen LogP contribution >= 0.6 is 11.3 Å². The fourth-order valence-corrected chi connectivity index (χ4v) is 3.61. The summed E-state index contributed by atoms with van der Waals surface area (Å²) in [7, 11) is 0. The molecule has 7 nitrogen and oxygen atoms in total. The predicted octanol–water partition coefficient (Wildman–Crippen LogP) is 2.72. The summed E-state index contributed by atoms with van der Waals surface area (Å²) in [6, 6.07) is 7.71. The van der Waals surface area contributed by atoms with Gasteiger partial charge in [-0.3, -0.25) is 4.79 Å². The Balaban J connectivity index is 1.39. The van der Waals surface area contributed by atoms with Crippen molar-refractivity contribution in [2.75, 3.05) is 31.1 Å². The first kappa shape index (κ1) is 16.7. The van der Waals surface area contributed by atoms with Crippen LogP contribution in [0.5, 0.6) is 0 Å². The number of carbonyl (C=O) groups excluding carboxylic acids is 1. The van der Waals surface area contributed by atoms with Crippen LogP contribution in [0.3, 0.4) is 0 Å². The highest BCUT2D eigenvalue weighted by Gasteiger charge is 2.23. The molecule has 0 aromatic carbocycles. The van der Waals surface area contributed by atoms with E-state index in [1.54, 1.807) is 6.20 Å². The molecular weight excluding hydrogens is 350 g/mol. The van der Waals surface area contributed by atoms with Gasteiger partial charge in [0.25, 0.3) is 5.91 Å². The number of anilines is 1. The predicted molar refractivity (Wildman–Crippen MR) is 99.3 cm³/mol. The average molecular weight is 369 g/mol. The summed E-state index contributed by atoms with van der Waals surface area (Å²) < 4.78 is 5.14. The van der Waals surface area contributed by atoms with Gasteiger partial charge in [-0.05, 0) is 23.6 Å². The quantitative estimate of drug-likeness (QED) is 0.704. The van der Waals surface area contributed by atoms with Gasteiger partial charge in [-0.25, -0.2) is 4.98 Å². The highest BCUT2D eigenvalue weighted by atomic mass is 32.1. The van der Waals surface area contributed by atoms with E-state index in [1.165, 1.54) is 11.3 Å². The molecule has 4 heterocycles. The SMILES string of the molecule is CCc1nc(-c2ccc(N3CCN(C(=O)c4cccs4)CC3)nc2)no1. The van der Waals surface area contributed by atoms with Crippen LogP contribution in [0.25, 0.3) is 11.4 Å². The van der Waals surface area contributed by atoms with E-state index >= 15 is 0 Å². The average Bonchev–Trinajstić information content (AvgIpc) is 3.40. The zero-order valence-electron chi connectivity index (χ0n) is 14.5. The zero-order valence-corrected chi connectivity index (χ0v) is 15.3. The molecule has 1 aliphatic heterocycles. The summed E-state index contributed by atoms with van der Waals surface area (Å²) in [5.41, 5.74) is 0.837. The number of nitrogens with zero attached hydrogens (tertiary/aromatic N) is 5. The van der Waals surface area contributed by atoms with Crippen LogP contribution in [0, 0.1) is 0 Å². The lowest BCUT2D eigenvalue weighted by molar-refractivity contribution is 0.0751. The van der Waals surface area contributed by atoms with Crippen molar-refractivity contribution in [2.45, 2.75) is 13.3 Å². The summed E-state index contributed by atoms with van der Waals surface area (Å²) in [4.78, 5) is 26.2. The highest BCUT2D eigenvalue weighted by Crippen LogP contribution is 2.20. The third kappa shape index (κ3) is 3.32. The zero-order chi connectivity index (χ0) is 17.9. The van der Waals surface area contributed by atoms with Crippen LogP contribution in [0.15, 0.2) is 40.4 Å². The number of pyridine rings is 1. The molecule has 134 valence electrons. The van der Waals surface area contributed by atoms with Crippen molar-refractivity contribution < 1.29 is 9.32 Å². The molecule has 0 aliphatic carbocycles. The molecule has 1 aliphatic rings. The fraction of sp³-hybridized carbons (Fsp3) is 0.333. The largest absolute Gasteiger partial charge is 0.353 e. The Hall–Kier alpha value is -2.74. The molecular formula is C18H19N5O2S. The molecule has 0 bridgehead atoms. The number of aryl methyl sites for hydroxylation is 1. The molecule has 4 rings (SSSR count). The monoisotopic (exact) mass is 369 g/mol. The first-order valence-electron chi connectivity index (χ1n) is 8.61. The van der Waals surface area contributed by atoms with E-state index in [-0.39, 0.29) is 5.91 Å². The number of carbonyl (C=O) groups is 1. The maximum absolute atomic E-state index is 12.4. The number of rotatable bonds is 4. The van der Waals surface area contributed by atoms with E-state index in [2.05, 4.69) is 20.0 Å². The second kappa shape index (κ2) is 7.25. The molecule has 0 atom stereocenters. The number of hydrogen-bond acceptors (Lipinski definition) is 7. The Morgan fingerprint density at radius 1 is 1.23 bits per heavy atom. The molecule has 0 unspecified atom stereocenters. The van der Waals surface area contributed by atoms with Gasteiger partial charge in [-0.1, -0.05) is 18.1 Å². The minimum atomic E-state index is 0.117. The van der Waals surface area contributed by atoms with Crippen LogP contribution in [0.2, 0.25) is 0 Å². The van der Waals surface area contributed by atoms with Gasteiger partial charge in [0.2, 0.25) is 11.7 Å². The summed E-state index contributed by atoms with van der Waals surface area (Å²) in [6.07, 6.45) is 2.48. The van der Waals surface area contributed by atoms with Gasteiger partial charge < -0.3 is 14.3 Å². The first-order chi connectivity index (χ1) is 12.7. The molecule has 1 fully saturated rings. The number of amides is 1. The van der Waals surface area contributed by atoms with Gasteiger partial charge in [0.05, 0.1) is 4.88 Å². The Kier molecular flexibility index (Phi) is 4.66. The van der Waals surface area contributed by atoms with E-state index in [0.717, 1.165) is 29.3 Å². The van der Waals surface area contributed by atoms with Crippen molar-refractivity contribution in [3.63, 3.8) is 0 Å². The van der Waals surface area contributed by atoms with Crippen LogP contribution in [0.4, 0.5) is 5.82 Å². The van der Waals surface area contributed by atoms with Crippen molar-refractivity contribution in [1.29, 1.82) is 0 Å². The summed E-state index contributed by atoms with van der Waals surface area (Å²) >= 11 is 1.49. The topological polar surface area (TPSA) is 75.4 Å². The first-order valence-corrected chi connectivity index (χ1v) is 9.49. The van der Waals surface area contributed by atoms with Crippen molar-refractivity contribution >= 4 is 23.1 Å². The second-order valence-corrected chi connectivity index (χ2v) is 6.97. The van der Waals surface area contributed by atoms with E-state index in [1.807, 2.05) is 41.5 Å². The minimum Gasteiger partial charge on any atom is -0.353 e. The standard InChI is InChI=1S/C18H19N5O2S/c1-2-16-20-17(21-25-16)13-5-6-15(19-12-13)22-7-9-23(10-8-22)18(24)14-4-3-11-26-14/h3-6,11-12H,2,7-10H2,1H3. The van der Waals surface area contributed by atoms with E-state index in [9.17, 15) is 4.79 Å². The van der Waals surface area contributed by atoms with Gasteiger partial charge in [0, 0.05) is 44.4 Å². The third-order valence-electron chi connectivity index (χ3n) is 4.40. The molecule has 3 aromatic heterocycles. The fourth-order valence-electron chi connectivity index (χ4n) is 2.92. The number of piperazine rings is 1. The second-order valence-electron chi connectivity index (χ2n) is 6.03. The Morgan fingerprint density at radius 2 is 2.08 bits per heavy atom. The number of thiophene rings is 1. The molecule has 0 saturated carbocycles. The van der Waals surface area contributed by atoms with Crippen molar-refractivity contribution in [3.05, 3.63) is 46.6 Å². The van der Waals surface area contributed by atoms with Gasteiger partial charge in [0.15, 0.2) is 0 Å². The summed E-state index contributed by atoms with van der Waals surface area (Å²) in [5, 5.41) is 5.90. The highest BCUT2D eigenvalue weighted by molar-refractivity contribution is 7.12. The molecule has 0 spiro atoms. The van der Waals surface area contributed by atoms with Crippen LogP contribution < -0.4 is 4.90 Å². The molecule has 0 N–H and O–H groups in total. The Labute approximate surface area is 155 Å². The maximum atomic E-state index is 12.4. The van der Waals surface area contributed by atoms with Crippen molar-refractivity contribution in [2.24, 2.45) is 0 Å². The van der Waals surface area contributed by atoms with Crippen LogP contribution in [-0.4, -0.2) is 52.1 Å². The minimum absolute atomic E-state index is 0.117. The normalized spacial score (nSPS) is 14.7. The van der Waals surface area contributed by atoms with Gasteiger partial charge in [0.1, 0.15) is 5.82 Å². The molecule has 8 heteroatoms. The molecule has 0 radical (unpaired) electrons. The lowest BCUT2D eigenvalue weighted by Crippen LogP contribution is -2.48. The smallest absolute Gasteiger partial charge is 0.264 e. The van der Waals surface area contributed by atoms with E-state index in [0.29, 0.717) is 31.2 Å².